The van der Waals surface area contributed by atoms with Crippen LogP contribution in [0.25, 0.3) is 0 Å². The maximum absolute atomic E-state index is 12.1. The average molecular weight is 227 g/mol. The van der Waals surface area contributed by atoms with Gasteiger partial charge in [-0.1, -0.05) is 18.2 Å². The van der Waals surface area contributed by atoms with Crippen LogP contribution < -0.4 is 9.61 Å². The molecule has 0 aliphatic carbocycles. The van der Waals surface area contributed by atoms with Gasteiger partial charge in [0.1, 0.15) is 5.75 Å². The van der Waals surface area contributed by atoms with E-state index < -0.39 is 7.75 Å². The van der Waals surface area contributed by atoms with E-state index in [1.165, 1.54) is 0 Å². The second-order valence-electron chi connectivity index (χ2n) is 3.55. The van der Waals surface area contributed by atoms with Gasteiger partial charge in [-0.05, 0) is 25.5 Å². The Labute approximate surface area is 89.2 Å². The number of nitrogens with one attached hydrogen (secondary N) is 1. The second-order valence-corrected chi connectivity index (χ2v) is 5.25. The van der Waals surface area contributed by atoms with Crippen LogP contribution in [0, 0.1) is 0 Å². The third-order valence-electron chi connectivity index (χ3n) is 2.16. The number of para-hydroxylation sites is 1. The third-order valence-corrected chi connectivity index (χ3v) is 3.89. The fourth-order valence-electron chi connectivity index (χ4n) is 1.39. The minimum Gasteiger partial charge on any atom is -0.413 e. The molecule has 1 saturated heterocycles. The quantitative estimate of drug-likeness (QED) is 0.789. The summed E-state index contributed by atoms with van der Waals surface area (Å²) < 4.78 is 22.6. The standard InChI is InChI=1S/C10H14NO3P/c1-9-7-8-13-15(12,11-9)14-10-5-3-2-4-6-10/h2-6,9H,7-8H2,1H3,(H,11,12)/t9-,15+/m0/s1. The van der Waals surface area contributed by atoms with Crippen molar-refractivity contribution in [2.24, 2.45) is 0 Å². The van der Waals surface area contributed by atoms with E-state index in [4.69, 9.17) is 9.05 Å². The highest BCUT2D eigenvalue weighted by atomic mass is 31.2. The van der Waals surface area contributed by atoms with Crippen LogP contribution in [-0.4, -0.2) is 12.6 Å². The fraction of sp³-hybridized carbons (Fsp3) is 0.400. The highest BCUT2D eigenvalue weighted by Gasteiger charge is 2.32. The van der Waals surface area contributed by atoms with Crippen molar-refractivity contribution in [1.82, 2.24) is 5.09 Å². The number of rotatable bonds is 2. The lowest BCUT2D eigenvalue weighted by Gasteiger charge is -2.27. The van der Waals surface area contributed by atoms with Gasteiger partial charge in [0, 0.05) is 6.04 Å². The van der Waals surface area contributed by atoms with Gasteiger partial charge in [0.05, 0.1) is 6.61 Å². The molecule has 1 aromatic carbocycles. The maximum Gasteiger partial charge on any atom is 0.458 e. The molecule has 15 heavy (non-hydrogen) atoms. The van der Waals surface area contributed by atoms with E-state index in [2.05, 4.69) is 5.09 Å². The van der Waals surface area contributed by atoms with Crippen LogP contribution in [0.1, 0.15) is 13.3 Å². The summed E-state index contributed by atoms with van der Waals surface area (Å²) in [6.07, 6.45) is 0.849. The summed E-state index contributed by atoms with van der Waals surface area (Å²) in [6.45, 7) is 2.43. The molecule has 1 aliphatic heterocycles. The van der Waals surface area contributed by atoms with Crippen molar-refractivity contribution in [2.45, 2.75) is 19.4 Å². The topological polar surface area (TPSA) is 47.6 Å². The Morgan fingerprint density at radius 2 is 2.20 bits per heavy atom. The normalized spacial score (nSPS) is 31.1. The molecule has 4 nitrogen and oxygen atoms in total. The predicted octanol–water partition coefficient (Wildman–Crippen LogP) is 2.57. The molecule has 82 valence electrons. The molecular formula is C10H14NO3P. The Bertz CT molecular complexity index is 368. The van der Waals surface area contributed by atoms with Crippen LogP contribution in [0.2, 0.25) is 0 Å². The minimum absolute atomic E-state index is 0.160. The lowest BCUT2D eigenvalue weighted by molar-refractivity contribution is 0.212. The number of benzene rings is 1. The third kappa shape index (κ3) is 2.81. The van der Waals surface area contributed by atoms with Crippen LogP contribution in [0.5, 0.6) is 5.75 Å². The van der Waals surface area contributed by atoms with E-state index in [1.807, 2.05) is 25.1 Å². The van der Waals surface area contributed by atoms with Gasteiger partial charge in [-0.2, -0.15) is 0 Å². The summed E-state index contributed by atoms with van der Waals surface area (Å²) in [6, 6.07) is 9.20. The zero-order valence-corrected chi connectivity index (χ0v) is 9.44. The first-order chi connectivity index (χ1) is 7.18. The Morgan fingerprint density at radius 3 is 2.87 bits per heavy atom. The lowest BCUT2D eigenvalue weighted by atomic mass is 10.3. The molecule has 0 spiro atoms. The fourth-order valence-corrected chi connectivity index (χ4v) is 2.99. The highest BCUT2D eigenvalue weighted by molar-refractivity contribution is 7.52. The Kier molecular flexibility index (Phi) is 3.10. The van der Waals surface area contributed by atoms with Gasteiger partial charge < -0.3 is 4.52 Å². The summed E-state index contributed by atoms with van der Waals surface area (Å²) >= 11 is 0. The van der Waals surface area contributed by atoms with Gasteiger partial charge in [0.2, 0.25) is 0 Å². The molecule has 2 rings (SSSR count). The molecule has 0 radical (unpaired) electrons. The summed E-state index contributed by atoms with van der Waals surface area (Å²) in [5.74, 6) is 0.558. The smallest absolute Gasteiger partial charge is 0.413 e. The molecule has 0 unspecified atom stereocenters. The monoisotopic (exact) mass is 227 g/mol. The summed E-state index contributed by atoms with van der Waals surface area (Å²) in [5.41, 5.74) is 0. The Morgan fingerprint density at radius 1 is 1.47 bits per heavy atom. The van der Waals surface area contributed by atoms with E-state index in [0.29, 0.717) is 12.4 Å². The van der Waals surface area contributed by atoms with Crippen LogP contribution in [0.15, 0.2) is 30.3 Å². The van der Waals surface area contributed by atoms with Gasteiger partial charge in [-0.25, -0.2) is 9.65 Å². The van der Waals surface area contributed by atoms with Gasteiger partial charge in [-0.15, -0.1) is 0 Å². The molecule has 2 atom stereocenters. The van der Waals surface area contributed by atoms with Gasteiger partial charge >= 0.3 is 7.75 Å². The van der Waals surface area contributed by atoms with Crippen molar-refractivity contribution in [1.29, 1.82) is 0 Å². The molecule has 1 heterocycles. The van der Waals surface area contributed by atoms with Crippen LogP contribution in [0.3, 0.4) is 0 Å². The van der Waals surface area contributed by atoms with Crippen LogP contribution in [0.4, 0.5) is 0 Å². The molecule has 0 amide bonds. The first-order valence-corrected chi connectivity index (χ1v) is 6.49. The molecule has 5 heteroatoms. The van der Waals surface area contributed by atoms with Crippen molar-refractivity contribution in [3.63, 3.8) is 0 Å². The van der Waals surface area contributed by atoms with Crippen molar-refractivity contribution < 1.29 is 13.6 Å². The van der Waals surface area contributed by atoms with E-state index >= 15 is 0 Å². The molecule has 1 aromatic rings. The molecule has 0 aromatic heterocycles. The van der Waals surface area contributed by atoms with E-state index in [1.54, 1.807) is 12.1 Å². The highest BCUT2D eigenvalue weighted by Crippen LogP contribution is 2.47. The summed E-state index contributed by atoms with van der Waals surface area (Å²) in [7, 11) is -3.14. The van der Waals surface area contributed by atoms with Crippen LogP contribution >= 0.6 is 7.75 Å². The second kappa shape index (κ2) is 4.35. The summed E-state index contributed by atoms with van der Waals surface area (Å²) in [5, 5.41) is 2.85. The van der Waals surface area contributed by atoms with E-state index in [0.717, 1.165) is 6.42 Å². The summed E-state index contributed by atoms with van der Waals surface area (Å²) in [4.78, 5) is 0. The molecule has 1 aliphatic rings. The lowest BCUT2D eigenvalue weighted by Crippen LogP contribution is -2.32. The SMILES string of the molecule is C[C@H]1CCO[P@@](=O)(Oc2ccccc2)N1. The van der Waals surface area contributed by atoms with Gasteiger partial charge in [0.15, 0.2) is 0 Å². The van der Waals surface area contributed by atoms with Crippen molar-refractivity contribution >= 4 is 7.75 Å². The zero-order chi connectivity index (χ0) is 10.7. The minimum atomic E-state index is -3.14. The Hall–Kier alpha value is -0.830. The zero-order valence-electron chi connectivity index (χ0n) is 8.55. The average Bonchev–Trinajstić information content (AvgIpc) is 2.18. The Balaban J connectivity index is 2.07. The van der Waals surface area contributed by atoms with E-state index in [9.17, 15) is 4.57 Å². The number of hydrogen-bond donors (Lipinski definition) is 1. The van der Waals surface area contributed by atoms with Gasteiger partial charge in [0.25, 0.3) is 0 Å². The van der Waals surface area contributed by atoms with Crippen molar-refractivity contribution in [2.75, 3.05) is 6.61 Å². The predicted molar refractivity (Wildman–Crippen MR) is 57.8 cm³/mol. The largest absolute Gasteiger partial charge is 0.458 e. The first kappa shape index (κ1) is 10.7. The molecule has 0 saturated carbocycles. The number of hydrogen-bond acceptors (Lipinski definition) is 3. The first-order valence-electron chi connectivity index (χ1n) is 4.95. The van der Waals surface area contributed by atoms with Gasteiger partial charge in [-0.3, -0.25) is 4.52 Å². The maximum atomic E-state index is 12.1. The van der Waals surface area contributed by atoms with Crippen molar-refractivity contribution in [3.8, 4) is 5.75 Å². The molecule has 1 N–H and O–H groups in total. The molecule has 0 bridgehead atoms. The molecular weight excluding hydrogens is 213 g/mol. The molecule has 1 fully saturated rings. The van der Waals surface area contributed by atoms with Crippen molar-refractivity contribution in [3.05, 3.63) is 30.3 Å². The van der Waals surface area contributed by atoms with E-state index in [-0.39, 0.29) is 6.04 Å². The van der Waals surface area contributed by atoms with Crippen LogP contribution in [-0.2, 0) is 9.09 Å².